The lowest BCUT2D eigenvalue weighted by Gasteiger charge is -2.29. The van der Waals surface area contributed by atoms with Gasteiger partial charge in [-0.05, 0) is 26.4 Å². The smallest absolute Gasteiger partial charge is 0.334 e. The van der Waals surface area contributed by atoms with Crippen molar-refractivity contribution in [3.05, 3.63) is 5.01 Å². The number of carbonyl (C=O) groups excluding carboxylic acids is 1. The molecule has 0 aromatic carbocycles. The normalized spacial score (nSPS) is 20.7. The lowest BCUT2D eigenvalue weighted by Crippen LogP contribution is -2.47. The van der Waals surface area contributed by atoms with Crippen molar-refractivity contribution in [3.8, 4) is 0 Å². The lowest BCUT2D eigenvalue weighted by molar-refractivity contribution is -0.138. The van der Waals surface area contributed by atoms with Crippen LogP contribution in [0.3, 0.4) is 0 Å². The first-order valence-corrected chi connectivity index (χ1v) is 6.83. The summed E-state index contributed by atoms with van der Waals surface area (Å²) < 4.78 is 37.0. The number of alkyl halides is 3. The fraction of sp³-hybridized carbons (Fsp3) is 0.700. The van der Waals surface area contributed by atoms with E-state index in [-0.39, 0.29) is 11.2 Å². The summed E-state index contributed by atoms with van der Waals surface area (Å²) in [6.07, 6.45) is -2.72. The zero-order valence-corrected chi connectivity index (χ0v) is 11.5. The molecule has 20 heavy (non-hydrogen) atoms. The SMILES string of the molecule is CN1CCC[C@@H](NC(=O)Nc2nnc(C(F)(F)F)s2)C1. The molecule has 0 radical (unpaired) electrons. The minimum absolute atomic E-state index is 0.0104. The number of aromatic nitrogens is 2. The highest BCUT2D eigenvalue weighted by Gasteiger charge is 2.35. The zero-order valence-electron chi connectivity index (χ0n) is 10.7. The van der Waals surface area contributed by atoms with E-state index >= 15 is 0 Å². The summed E-state index contributed by atoms with van der Waals surface area (Å²) >= 11 is 0.301. The molecule has 1 aliphatic rings. The van der Waals surface area contributed by atoms with Gasteiger partial charge in [-0.3, -0.25) is 5.32 Å². The molecule has 1 fully saturated rings. The highest BCUT2D eigenvalue weighted by molar-refractivity contribution is 7.15. The van der Waals surface area contributed by atoms with Crippen molar-refractivity contribution in [1.82, 2.24) is 20.4 Å². The molecule has 2 rings (SSSR count). The Morgan fingerprint density at radius 1 is 1.45 bits per heavy atom. The van der Waals surface area contributed by atoms with Crippen molar-refractivity contribution in [2.24, 2.45) is 0 Å². The maximum atomic E-state index is 12.3. The van der Waals surface area contributed by atoms with Gasteiger partial charge in [0.05, 0.1) is 0 Å². The molecule has 2 heterocycles. The minimum atomic E-state index is -4.54. The van der Waals surface area contributed by atoms with Gasteiger partial charge in [0, 0.05) is 12.6 Å². The molecule has 0 spiro atoms. The van der Waals surface area contributed by atoms with Gasteiger partial charge in [0.1, 0.15) is 0 Å². The number of hydrogen-bond acceptors (Lipinski definition) is 5. The second kappa shape index (κ2) is 5.92. The highest BCUT2D eigenvalue weighted by atomic mass is 32.1. The van der Waals surface area contributed by atoms with E-state index in [2.05, 4.69) is 25.7 Å². The van der Waals surface area contributed by atoms with Crippen LogP contribution in [0.2, 0.25) is 0 Å². The van der Waals surface area contributed by atoms with E-state index in [9.17, 15) is 18.0 Å². The van der Waals surface area contributed by atoms with Crippen LogP contribution in [0.4, 0.5) is 23.1 Å². The van der Waals surface area contributed by atoms with Gasteiger partial charge in [-0.2, -0.15) is 13.2 Å². The fourth-order valence-electron chi connectivity index (χ4n) is 1.99. The van der Waals surface area contributed by atoms with Crippen LogP contribution in [-0.4, -0.2) is 47.3 Å². The molecule has 0 saturated carbocycles. The molecule has 6 nitrogen and oxygen atoms in total. The molecule has 0 unspecified atom stereocenters. The summed E-state index contributed by atoms with van der Waals surface area (Å²) in [7, 11) is 1.95. The molecular weight excluding hydrogens is 295 g/mol. The summed E-state index contributed by atoms with van der Waals surface area (Å²) in [4.78, 5) is 13.7. The molecule has 112 valence electrons. The number of carbonyl (C=O) groups is 1. The Bertz CT molecular complexity index is 478. The topological polar surface area (TPSA) is 70.2 Å². The number of amides is 2. The number of nitrogens with one attached hydrogen (secondary N) is 2. The van der Waals surface area contributed by atoms with E-state index in [0.29, 0.717) is 11.3 Å². The Labute approximate surface area is 117 Å². The van der Waals surface area contributed by atoms with Crippen molar-refractivity contribution in [2.45, 2.75) is 25.1 Å². The average molecular weight is 309 g/mol. The minimum Gasteiger partial charge on any atom is -0.334 e. The van der Waals surface area contributed by atoms with Gasteiger partial charge in [0.2, 0.25) is 10.1 Å². The summed E-state index contributed by atoms with van der Waals surface area (Å²) in [5.41, 5.74) is 0. The molecule has 0 aliphatic carbocycles. The third kappa shape index (κ3) is 4.04. The zero-order chi connectivity index (χ0) is 14.8. The monoisotopic (exact) mass is 309 g/mol. The van der Waals surface area contributed by atoms with Gasteiger partial charge in [-0.1, -0.05) is 11.3 Å². The standard InChI is InChI=1S/C10H14F3N5OS/c1-18-4-2-3-6(5-18)14-8(19)15-9-17-16-7(20-9)10(11,12)13/h6H,2-5H2,1H3,(H2,14,15,17,19)/t6-/m1/s1. The second-order valence-corrected chi connectivity index (χ2v) is 5.59. The summed E-state index contributed by atoms with van der Waals surface area (Å²) in [6, 6.07) is -0.570. The van der Waals surface area contributed by atoms with Crippen molar-refractivity contribution < 1.29 is 18.0 Å². The van der Waals surface area contributed by atoms with Crippen LogP contribution in [0.15, 0.2) is 0 Å². The fourth-order valence-corrected chi connectivity index (χ4v) is 2.60. The van der Waals surface area contributed by atoms with Crippen molar-refractivity contribution in [3.63, 3.8) is 0 Å². The number of halogens is 3. The molecule has 1 saturated heterocycles. The third-order valence-electron chi connectivity index (χ3n) is 2.85. The summed E-state index contributed by atoms with van der Waals surface area (Å²) in [5.74, 6) is 0. The van der Waals surface area contributed by atoms with Crippen LogP contribution in [0.1, 0.15) is 17.8 Å². The molecule has 2 N–H and O–H groups in total. The second-order valence-electron chi connectivity index (χ2n) is 4.61. The molecule has 1 aliphatic heterocycles. The molecular formula is C10H14F3N5OS. The number of anilines is 1. The first-order valence-electron chi connectivity index (χ1n) is 6.01. The van der Waals surface area contributed by atoms with E-state index in [1.165, 1.54) is 0 Å². The van der Waals surface area contributed by atoms with E-state index in [1.54, 1.807) is 0 Å². The van der Waals surface area contributed by atoms with Crippen LogP contribution in [0.5, 0.6) is 0 Å². The van der Waals surface area contributed by atoms with E-state index < -0.39 is 17.2 Å². The number of likely N-dealkylation sites (tertiary alicyclic amines) is 1. The van der Waals surface area contributed by atoms with Gasteiger partial charge in [0.15, 0.2) is 0 Å². The highest BCUT2D eigenvalue weighted by Crippen LogP contribution is 2.32. The molecule has 2 amide bonds. The number of rotatable bonds is 2. The Morgan fingerprint density at radius 2 is 2.20 bits per heavy atom. The van der Waals surface area contributed by atoms with Crippen molar-refractivity contribution >= 4 is 22.5 Å². The van der Waals surface area contributed by atoms with Crippen LogP contribution in [-0.2, 0) is 6.18 Å². The number of likely N-dealkylation sites (N-methyl/N-ethyl adjacent to an activating group) is 1. The van der Waals surface area contributed by atoms with Crippen molar-refractivity contribution in [1.29, 1.82) is 0 Å². The van der Waals surface area contributed by atoms with Gasteiger partial charge < -0.3 is 10.2 Å². The molecule has 1 aromatic rings. The molecule has 10 heteroatoms. The first-order chi connectivity index (χ1) is 9.34. The van der Waals surface area contributed by atoms with Gasteiger partial charge >= 0.3 is 12.2 Å². The van der Waals surface area contributed by atoms with Gasteiger partial charge in [0.25, 0.3) is 0 Å². The van der Waals surface area contributed by atoms with Crippen LogP contribution in [0.25, 0.3) is 0 Å². The lowest BCUT2D eigenvalue weighted by atomic mass is 10.1. The average Bonchev–Trinajstić information content (AvgIpc) is 2.76. The van der Waals surface area contributed by atoms with Crippen molar-refractivity contribution in [2.75, 3.05) is 25.5 Å². The summed E-state index contributed by atoms with van der Waals surface area (Å²) in [5, 5.41) is 10.0. The van der Waals surface area contributed by atoms with E-state index in [0.717, 1.165) is 25.9 Å². The Hall–Kier alpha value is -1.42. The predicted octanol–water partition coefficient (Wildman–Crippen LogP) is 1.77. The Kier molecular flexibility index (Phi) is 4.43. The predicted molar refractivity (Wildman–Crippen MR) is 67.6 cm³/mol. The van der Waals surface area contributed by atoms with E-state index in [4.69, 9.17) is 0 Å². The Balaban J connectivity index is 1.86. The third-order valence-corrected chi connectivity index (χ3v) is 3.73. The van der Waals surface area contributed by atoms with E-state index in [1.807, 2.05) is 7.05 Å². The largest absolute Gasteiger partial charge is 0.445 e. The molecule has 0 bridgehead atoms. The van der Waals surface area contributed by atoms with Gasteiger partial charge in [-0.25, -0.2) is 4.79 Å². The number of nitrogens with zero attached hydrogens (tertiary/aromatic N) is 3. The molecule has 1 aromatic heterocycles. The van der Waals surface area contributed by atoms with Crippen LogP contribution >= 0.6 is 11.3 Å². The maximum Gasteiger partial charge on any atom is 0.445 e. The quantitative estimate of drug-likeness (QED) is 0.873. The molecule has 1 atom stereocenters. The van der Waals surface area contributed by atoms with Crippen LogP contribution < -0.4 is 10.6 Å². The van der Waals surface area contributed by atoms with Crippen LogP contribution in [0, 0.1) is 0 Å². The maximum absolute atomic E-state index is 12.3. The first kappa shape index (κ1) is 15.0. The summed E-state index contributed by atoms with van der Waals surface area (Å²) in [6.45, 7) is 1.70. The van der Waals surface area contributed by atoms with Gasteiger partial charge in [-0.15, -0.1) is 10.2 Å². The Morgan fingerprint density at radius 3 is 2.80 bits per heavy atom. The number of urea groups is 1. The number of hydrogen-bond donors (Lipinski definition) is 2. The number of piperidine rings is 1.